The minimum atomic E-state index is -3.11. The molecule has 0 spiro atoms. The Hall–Kier alpha value is 0.0900. The van der Waals surface area contributed by atoms with Crippen molar-refractivity contribution >= 4 is 41.7 Å². The van der Waals surface area contributed by atoms with E-state index in [1.807, 2.05) is 18.2 Å². The Bertz CT molecular complexity index is 531. The average molecular weight is 413 g/mol. The van der Waals surface area contributed by atoms with Crippen molar-refractivity contribution < 1.29 is 8.42 Å². The van der Waals surface area contributed by atoms with Crippen LogP contribution in [0, 0.1) is 0 Å². The Kier molecular flexibility index (Phi) is 6.50. The van der Waals surface area contributed by atoms with E-state index in [1.165, 1.54) is 6.26 Å². The van der Waals surface area contributed by atoms with Gasteiger partial charge in [-0.05, 0) is 43.7 Å². The van der Waals surface area contributed by atoms with Crippen LogP contribution in [0.2, 0.25) is 0 Å². The second-order valence-electron chi connectivity index (χ2n) is 4.63. The Morgan fingerprint density at radius 2 is 1.95 bits per heavy atom. The van der Waals surface area contributed by atoms with Gasteiger partial charge in [-0.25, -0.2) is 8.42 Å². The second kappa shape index (κ2) is 7.20. The van der Waals surface area contributed by atoms with Gasteiger partial charge in [-0.3, -0.25) is 0 Å². The molecule has 0 amide bonds. The van der Waals surface area contributed by atoms with Crippen LogP contribution in [0.4, 0.5) is 0 Å². The summed E-state index contributed by atoms with van der Waals surface area (Å²) in [6.45, 7) is 4.59. The maximum Gasteiger partial charge on any atom is 0.151 e. The summed E-state index contributed by atoms with van der Waals surface area (Å²) >= 11 is 6.94. The van der Waals surface area contributed by atoms with Crippen LogP contribution in [-0.2, 0) is 9.84 Å². The van der Waals surface area contributed by atoms with Crippen molar-refractivity contribution in [3.05, 3.63) is 32.7 Å². The highest BCUT2D eigenvalue weighted by atomic mass is 79.9. The van der Waals surface area contributed by atoms with E-state index in [4.69, 9.17) is 0 Å². The maximum absolute atomic E-state index is 11.8. The van der Waals surface area contributed by atoms with E-state index in [9.17, 15) is 8.42 Å². The first-order valence-electron chi connectivity index (χ1n) is 6.14. The first kappa shape index (κ1) is 17.1. The molecule has 0 aromatic heterocycles. The number of benzene rings is 1. The summed E-state index contributed by atoms with van der Waals surface area (Å²) in [7, 11) is -3.11. The lowest BCUT2D eigenvalue weighted by atomic mass is 10.0. The van der Waals surface area contributed by atoms with Gasteiger partial charge in [-0.2, -0.15) is 0 Å². The number of rotatable bonds is 6. The van der Waals surface area contributed by atoms with Crippen molar-refractivity contribution in [1.82, 2.24) is 5.32 Å². The normalized spacial score (nSPS) is 15.2. The van der Waals surface area contributed by atoms with Gasteiger partial charge in [0.1, 0.15) is 0 Å². The summed E-state index contributed by atoms with van der Waals surface area (Å²) in [5, 5.41) is 2.85. The van der Waals surface area contributed by atoms with Gasteiger partial charge in [0, 0.05) is 21.2 Å². The summed E-state index contributed by atoms with van der Waals surface area (Å²) in [4.78, 5) is 0. The zero-order valence-electron chi connectivity index (χ0n) is 11.3. The summed E-state index contributed by atoms with van der Waals surface area (Å²) in [6.07, 6.45) is 2.24. The van der Waals surface area contributed by atoms with E-state index in [1.54, 1.807) is 6.92 Å². The van der Waals surface area contributed by atoms with E-state index < -0.39 is 15.1 Å². The van der Waals surface area contributed by atoms with Gasteiger partial charge in [0.2, 0.25) is 0 Å². The fraction of sp³-hybridized carbons (Fsp3) is 0.538. The minimum Gasteiger partial charge on any atom is -0.309 e. The van der Waals surface area contributed by atoms with Crippen LogP contribution in [0.5, 0.6) is 0 Å². The quantitative estimate of drug-likeness (QED) is 0.774. The smallest absolute Gasteiger partial charge is 0.151 e. The monoisotopic (exact) mass is 411 g/mol. The van der Waals surface area contributed by atoms with Crippen LogP contribution in [0.15, 0.2) is 27.1 Å². The molecular formula is C13H19Br2NO2S. The molecule has 0 saturated heterocycles. The predicted octanol–water partition coefficient (Wildman–Crippen LogP) is 3.69. The third-order valence-corrected chi connectivity index (χ3v) is 5.89. The minimum absolute atomic E-state index is 0.221. The molecule has 1 N–H and O–H groups in total. The highest BCUT2D eigenvalue weighted by Crippen LogP contribution is 2.31. The van der Waals surface area contributed by atoms with Gasteiger partial charge < -0.3 is 5.32 Å². The molecule has 0 heterocycles. The van der Waals surface area contributed by atoms with E-state index in [2.05, 4.69) is 44.1 Å². The van der Waals surface area contributed by atoms with Gasteiger partial charge >= 0.3 is 0 Å². The fourth-order valence-electron chi connectivity index (χ4n) is 1.83. The molecule has 6 heteroatoms. The molecule has 2 atom stereocenters. The molecule has 19 heavy (non-hydrogen) atoms. The lowest BCUT2D eigenvalue weighted by Crippen LogP contribution is -2.35. The van der Waals surface area contributed by atoms with Crippen molar-refractivity contribution in [2.75, 3.05) is 12.8 Å². The van der Waals surface area contributed by atoms with E-state index in [0.29, 0.717) is 0 Å². The summed E-state index contributed by atoms with van der Waals surface area (Å²) in [5.74, 6) is 0. The Morgan fingerprint density at radius 3 is 2.47 bits per heavy atom. The van der Waals surface area contributed by atoms with Crippen molar-refractivity contribution in [2.24, 2.45) is 0 Å². The van der Waals surface area contributed by atoms with Crippen molar-refractivity contribution in [3.63, 3.8) is 0 Å². The molecular weight excluding hydrogens is 394 g/mol. The average Bonchev–Trinajstić information content (AvgIpc) is 2.32. The maximum atomic E-state index is 11.8. The van der Waals surface area contributed by atoms with Crippen LogP contribution in [0.25, 0.3) is 0 Å². The van der Waals surface area contributed by atoms with E-state index in [-0.39, 0.29) is 6.04 Å². The lowest BCUT2D eigenvalue weighted by molar-refractivity contribution is 0.499. The zero-order chi connectivity index (χ0) is 14.6. The second-order valence-corrected chi connectivity index (χ2v) is 8.80. The van der Waals surface area contributed by atoms with Crippen molar-refractivity contribution in [3.8, 4) is 0 Å². The molecule has 0 radical (unpaired) electrons. The van der Waals surface area contributed by atoms with Crippen LogP contribution in [-0.4, -0.2) is 26.5 Å². The summed E-state index contributed by atoms with van der Waals surface area (Å²) in [5.41, 5.74) is 0.959. The molecule has 1 aromatic carbocycles. The molecule has 3 nitrogen and oxygen atoms in total. The first-order valence-corrected chi connectivity index (χ1v) is 9.68. The molecule has 108 valence electrons. The lowest BCUT2D eigenvalue weighted by Gasteiger charge is -2.25. The number of sulfone groups is 1. The van der Waals surface area contributed by atoms with Gasteiger partial charge in [-0.1, -0.05) is 38.8 Å². The zero-order valence-corrected chi connectivity index (χ0v) is 15.3. The predicted molar refractivity (Wildman–Crippen MR) is 87.2 cm³/mol. The van der Waals surface area contributed by atoms with Gasteiger partial charge in [0.05, 0.1) is 5.25 Å². The number of nitrogens with one attached hydrogen (secondary N) is 1. The first-order chi connectivity index (χ1) is 8.77. The van der Waals surface area contributed by atoms with Crippen LogP contribution in [0.3, 0.4) is 0 Å². The SMILES string of the molecule is CCCNC(c1cc(Br)ccc1Br)C(C)S(C)(=O)=O. The van der Waals surface area contributed by atoms with Crippen LogP contribution < -0.4 is 5.32 Å². The van der Waals surface area contributed by atoms with Gasteiger partial charge in [-0.15, -0.1) is 0 Å². The van der Waals surface area contributed by atoms with Crippen molar-refractivity contribution in [2.45, 2.75) is 31.6 Å². The Labute approximate surface area is 132 Å². The molecule has 0 aliphatic rings. The number of hydrogen-bond acceptors (Lipinski definition) is 3. The summed E-state index contributed by atoms with van der Waals surface area (Å²) < 4.78 is 25.5. The van der Waals surface area contributed by atoms with Crippen LogP contribution >= 0.6 is 31.9 Å². The van der Waals surface area contributed by atoms with Gasteiger partial charge in [0.25, 0.3) is 0 Å². The largest absolute Gasteiger partial charge is 0.309 e. The molecule has 0 fully saturated rings. The molecule has 0 bridgehead atoms. The molecule has 1 rings (SSSR count). The standard InChI is InChI=1S/C13H19Br2NO2S/c1-4-7-16-13(9(2)19(3,17)18)11-8-10(14)5-6-12(11)15/h5-6,8-9,13,16H,4,7H2,1-3H3. The Balaban J connectivity index is 3.19. The van der Waals surface area contributed by atoms with E-state index in [0.717, 1.165) is 27.5 Å². The van der Waals surface area contributed by atoms with E-state index >= 15 is 0 Å². The number of hydrogen-bond donors (Lipinski definition) is 1. The van der Waals surface area contributed by atoms with Gasteiger partial charge in [0.15, 0.2) is 9.84 Å². The number of halogens is 2. The molecule has 0 aliphatic heterocycles. The third-order valence-electron chi connectivity index (χ3n) is 3.05. The van der Waals surface area contributed by atoms with Crippen molar-refractivity contribution in [1.29, 1.82) is 0 Å². The highest BCUT2D eigenvalue weighted by Gasteiger charge is 2.28. The molecule has 0 saturated carbocycles. The molecule has 2 unspecified atom stereocenters. The fourth-order valence-corrected chi connectivity index (χ4v) is 3.44. The topological polar surface area (TPSA) is 46.2 Å². The third kappa shape index (κ3) is 4.85. The molecule has 1 aromatic rings. The van der Waals surface area contributed by atoms with Crippen LogP contribution in [0.1, 0.15) is 31.9 Å². The summed E-state index contributed by atoms with van der Waals surface area (Å²) in [6, 6.07) is 5.59. The molecule has 0 aliphatic carbocycles. The highest BCUT2D eigenvalue weighted by molar-refractivity contribution is 9.11. The Morgan fingerprint density at radius 1 is 1.32 bits per heavy atom.